The van der Waals surface area contributed by atoms with Gasteiger partial charge in [-0.15, -0.1) is 0 Å². The molecule has 94 valence electrons. The second-order valence-electron chi connectivity index (χ2n) is 4.76. The highest BCUT2D eigenvalue weighted by molar-refractivity contribution is 5.56. The summed E-state index contributed by atoms with van der Waals surface area (Å²) in [7, 11) is 2.17. The number of aryl methyl sites for hydroxylation is 1. The Labute approximate surface area is 104 Å². The van der Waals surface area contributed by atoms with E-state index in [2.05, 4.69) is 42.4 Å². The van der Waals surface area contributed by atoms with Crippen LogP contribution in [0.2, 0.25) is 0 Å². The van der Waals surface area contributed by atoms with Crippen LogP contribution in [0.1, 0.15) is 30.5 Å². The Hall–Kier alpha value is -1.06. The zero-order valence-corrected chi connectivity index (χ0v) is 10.9. The third-order valence-corrected chi connectivity index (χ3v) is 3.54. The average molecular weight is 233 g/mol. The van der Waals surface area contributed by atoms with Gasteiger partial charge < -0.3 is 16.0 Å². The summed E-state index contributed by atoms with van der Waals surface area (Å²) in [6, 6.07) is 7.06. The molecule has 0 aromatic heterocycles. The minimum atomic E-state index is 0.289. The van der Waals surface area contributed by atoms with Gasteiger partial charge in [-0.2, -0.15) is 0 Å². The molecule has 0 bridgehead atoms. The van der Waals surface area contributed by atoms with Crippen molar-refractivity contribution in [2.24, 2.45) is 5.73 Å². The van der Waals surface area contributed by atoms with E-state index in [4.69, 9.17) is 5.73 Å². The van der Waals surface area contributed by atoms with Gasteiger partial charge in [0.15, 0.2) is 0 Å². The van der Waals surface area contributed by atoms with Crippen LogP contribution in [-0.4, -0.2) is 26.7 Å². The molecule has 1 aromatic carbocycles. The molecule has 17 heavy (non-hydrogen) atoms. The van der Waals surface area contributed by atoms with Crippen LogP contribution < -0.4 is 16.0 Å². The number of likely N-dealkylation sites (N-methyl/N-ethyl adjacent to an activating group) is 1. The van der Waals surface area contributed by atoms with Crippen LogP contribution in [0.15, 0.2) is 18.2 Å². The lowest BCUT2D eigenvalue weighted by molar-refractivity contribution is 0.560. The number of hydrogen-bond acceptors (Lipinski definition) is 3. The summed E-state index contributed by atoms with van der Waals surface area (Å²) in [5.41, 5.74) is 9.99. The number of anilines is 1. The van der Waals surface area contributed by atoms with Crippen LogP contribution >= 0.6 is 0 Å². The molecule has 0 fully saturated rings. The Balaban J connectivity index is 2.25. The van der Waals surface area contributed by atoms with Gasteiger partial charge in [-0.25, -0.2) is 0 Å². The van der Waals surface area contributed by atoms with E-state index in [1.165, 1.54) is 36.2 Å². The number of benzene rings is 1. The van der Waals surface area contributed by atoms with Gasteiger partial charge in [0.25, 0.3) is 0 Å². The Kier molecular flexibility index (Phi) is 4.02. The summed E-state index contributed by atoms with van der Waals surface area (Å²) >= 11 is 0. The van der Waals surface area contributed by atoms with Crippen molar-refractivity contribution in [3.63, 3.8) is 0 Å². The smallest absolute Gasteiger partial charge is 0.0444 e. The van der Waals surface area contributed by atoms with Gasteiger partial charge in [0, 0.05) is 31.9 Å². The quantitative estimate of drug-likeness (QED) is 0.831. The number of hydrogen-bond donors (Lipinski definition) is 2. The zero-order valence-electron chi connectivity index (χ0n) is 10.9. The average Bonchev–Trinajstić information content (AvgIpc) is 2.36. The highest BCUT2D eigenvalue weighted by atomic mass is 15.1. The van der Waals surface area contributed by atoms with E-state index in [1.54, 1.807) is 0 Å². The highest BCUT2D eigenvalue weighted by Crippen LogP contribution is 2.28. The Bertz CT molecular complexity index is 376. The highest BCUT2D eigenvalue weighted by Gasteiger charge is 2.16. The zero-order chi connectivity index (χ0) is 12.3. The van der Waals surface area contributed by atoms with Crippen molar-refractivity contribution in [2.45, 2.75) is 25.8 Å². The molecular weight excluding hydrogens is 210 g/mol. The van der Waals surface area contributed by atoms with Crippen molar-refractivity contribution in [1.29, 1.82) is 0 Å². The van der Waals surface area contributed by atoms with Gasteiger partial charge in [0.2, 0.25) is 0 Å². The molecule has 0 saturated carbocycles. The first-order valence-electron chi connectivity index (χ1n) is 6.53. The molecule has 1 aromatic rings. The van der Waals surface area contributed by atoms with Crippen molar-refractivity contribution in [2.75, 3.05) is 31.6 Å². The minimum Gasteiger partial charge on any atom is -0.374 e. The van der Waals surface area contributed by atoms with E-state index in [0.717, 1.165) is 6.54 Å². The second-order valence-corrected chi connectivity index (χ2v) is 4.76. The van der Waals surface area contributed by atoms with Crippen LogP contribution in [0.25, 0.3) is 0 Å². The van der Waals surface area contributed by atoms with E-state index in [9.17, 15) is 0 Å². The van der Waals surface area contributed by atoms with Crippen LogP contribution in [0.5, 0.6) is 0 Å². The van der Waals surface area contributed by atoms with Gasteiger partial charge in [-0.05, 0) is 36.6 Å². The predicted octanol–water partition coefficient (Wildman–Crippen LogP) is 1.68. The van der Waals surface area contributed by atoms with Gasteiger partial charge in [-0.3, -0.25) is 0 Å². The topological polar surface area (TPSA) is 41.3 Å². The molecular formula is C14H23N3. The lowest BCUT2D eigenvalue weighted by Crippen LogP contribution is -2.29. The lowest BCUT2D eigenvalue weighted by Gasteiger charge is -2.28. The normalized spacial score (nSPS) is 16.8. The van der Waals surface area contributed by atoms with E-state index >= 15 is 0 Å². The van der Waals surface area contributed by atoms with E-state index in [1.807, 2.05) is 0 Å². The van der Waals surface area contributed by atoms with Crippen molar-refractivity contribution >= 4 is 5.69 Å². The molecule has 1 atom stereocenters. The Morgan fingerprint density at radius 1 is 1.47 bits per heavy atom. The Morgan fingerprint density at radius 2 is 2.29 bits per heavy atom. The Morgan fingerprint density at radius 3 is 3.00 bits per heavy atom. The maximum absolute atomic E-state index is 5.82. The molecule has 2 rings (SSSR count). The largest absolute Gasteiger partial charge is 0.374 e. The van der Waals surface area contributed by atoms with Crippen molar-refractivity contribution in [1.82, 2.24) is 5.32 Å². The van der Waals surface area contributed by atoms with Gasteiger partial charge in [0.1, 0.15) is 0 Å². The first kappa shape index (κ1) is 12.4. The van der Waals surface area contributed by atoms with Gasteiger partial charge >= 0.3 is 0 Å². The lowest BCUT2D eigenvalue weighted by atomic mass is 9.96. The van der Waals surface area contributed by atoms with Crippen LogP contribution in [0, 0.1) is 0 Å². The first-order chi connectivity index (χ1) is 8.26. The predicted molar refractivity (Wildman–Crippen MR) is 73.5 cm³/mol. The number of nitrogens with zero attached hydrogens (tertiary/aromatic N) is 1. The monoisotopic (exact) mass is 233 g/mol. The minimum absolute atomic E-state index is 0.289. The fourth-order valence-corrected chi connectivity index (χ4v) is 2.61. The molecule has 1 heterocycles. The molecule has 0 spiro atoms. The molecule has 0 amide bonds. The number of nitrogens with one attached hydrogen (secondary N) is 1. The number of rotatable bonds is 4. The molecule has 3 N–H and O–H groups in total. The molecule has 0 radical (unpaired) electrons. The number of nitrogens with two attached hydrogens (primary N) is 1. The third kappa shape index (κ3) is 2.61. The van der Waals surface area contributed by atoms with Crippen LogP contribution in [0.3, 0.4) is 0 Å². The maximum Gasteiger partial charge on any atom is 0.0444 e. The van der Waals surface area contributed by atoms with E-state index < -0.39 is 0 Å². The molecule has 0 aliphatic carbocycles. The van der Waals surface area contributed by atoms with Crippen LogP contribution in [0.4, 0.5) is 5.69 Å². The van der Waals surface area contributed by atoms with Gasteiger partial charge in [-0.1, -0.05) is 19.1 Å². The molecule has 3 nitrogen and oxygen atoms in total. The number of fused-ring (bicyclic) bond motifs is 1. The summed E-state index contributed by atoms with van der Waals surface area (Å²) in [6.45, 7) is 4.90. The van der Waals surface area contributed by atoms with Crippen molar-refractivity contribution in [3.05, 3.63) is 29.3 Å². The summed E-state index contributed by atoms with van der Waals surface area (Å²) in [6.07, 6.45) is 2.44. The third-order valence-electron chi connectivity index (χ3n) is 3.54. The fourth-order valence-electron chi connectivity index (χ4n) is 2.61. The molecule has 0 saturated heterocycles. The standard InChI is InChI=1S/C14H23N3/c1-3-16-13(10-15)11-6-7-14-12(9-11)5-4-8-17(14)2/h6-7,9,13,16H,3-5,8,10,15H2,1-2H3. The molecule has 3 heteroatoms. The summed E-state index contributed by atoms with van der Waals surface area (Å²) in [5.74, 6) is 0. The van der Waals surface area contributed by atoms with Crippen molar-refractivity contribution in [3.8, 4) is 0 Å². The molecule has 1 aliphatic rings. The maximum atomic E-state index is 5.82. The van der Waals surface area contributed by atoms with Gasteiger partial charge in [0.05, 0.1) is 0 Å². The van der Waals surface area contributed by atoms with E-state index in [0.29, 0.717) is 6.54 Å². The first-order valence-corrected chi connectivity index (χ1v) is 6.53. The summed E-state index contributed by atoms with van der Waals surface area (Å²) in [4.78, 5) is 2.34. The molecule has 1 unspecified atom stereocenters. The van der Waals surface area contributed by atoms with Crippen LogP contribution in [-0.2, 0) is 6.42 Å². The second kappa shape index (κ2) is 5.52. The molecule has 1 aliphatic heterocycles. The van der Waals surface area contributed by atoms with E-state index in [-0.39, 0.29) is 6.04 Å². The SMILES string of the molecule is CCNC(CN)c1ccc2c(c1)CCCN2C. The van der Waals surface area contributed by atoms with Crippen molar-refractivity contribution < 1.29 is 0 Å². The summed E-state index contributed by atoms with van der Waals surface area (Å²) < 4.78 is 0. The fraction of sp³-hybridized carbons (Fsp3) is 0.571. The summed E-state index contributed by atoms with van der Waals surface area (Å²) in [5, 5.41) is 3.43.